The van der Waals surface area contributed by atoms with E-state index in [0.29, 0.717) is 17.1 Å². The molecule has 0 amide bonds. The average Bonchev–Trinajstić information content (AvgIpc) is 3.51. The molecule has 0 unspecified atom stereocenters. The van der Waals surface area contributed by atoms with Crippen molar-refractivity contribution in [3.8, 4) is 5.75 Å². The second-order valence-electron chi connectivity index (χ2n) is 7.04. The number of phosphoric ester groups is 1. The molecule has 3 saturated heterocycles. The van der Waals surface area contributed by atoms with Crippen molar-refractivity contribution in [2.24, 2.45) is 0 Å². The Hall–Kier alpha value is -2.39. The maximum Gasteiger partial charge on any atom is 0.524 e. The van der Waals surface area contributed by atoms with Crippen LogP contribution in [-0.2, 0) is 14.2 Å². The number of Topliss-reactive ketones (excluding diaryl/α,β-unsaturated/α-hetero) is 1. The van der Waals surface area contributed by atoms with Crippen LogP contribution in [0.3, 0.4) is 0 Å². The summed E-state index contributed by atoms with van der Waals surface area (Å²) >= 11 is 5.43. The number of hydrogen-bond donors (Lipinski definition) is 2. The van der Waals surface area contributed by atoms with Gasteiger partial charge in [0.05, 0.1) is 10.7 Å². The molecule has 0 aromatic heterocycles. The van der Waals surface area contributed by atoms with Gasteiger partial charge in [0.25, 0.3) is 0 Å². The van der Waals surface area contributed by atoms with Crippen LogP contribution in [0.1, 0.15) is 0 Å². The van der Waals surface area contributed by atoms with E-state index >= 15 is 0 Å². The summed E-state index contributed by atoms with van der Waals surface area (Å²) in [5.41, 5.74) is 1.89. The van der Waals surface area contributed by atoms with Crippen molar-refractivity contribution in [1.29, 1.82) is 0 Å². The molecule has 9 nitrogen and oxygen atoms in total. The Morgan fingerprint density at radius 1 is 0.967 bits per heavy atom. The molecule has 0 bridgehead atoms. The van der Waals surface area contributed by atoms with Crippen LogP contribution >= 0.6 is 19.4 Å². The van der Waals surface area contributed by atoms with Gasteiger partial charge < -0.3 is 19.2 Å². The number of ketones is 2. The van der Waals surface area contributed by atoms with Crippen LogP contribution in [0, 0.1) is 5.82 Å². The first-order valence-corrected chi connectivity index (χ1v) is 11.0. The van der Waals surface area contributed by atoms with E-state index < -0.39 is 13.6 Å². The molecule has 12 heteroatoms. The molecule has 0 atom stereocenters. The van der Waals surface area contributed by atoms with E-state index in [2.05, 4.69) is 4.52 Å². The lowest BCUT2D eigenvalue weighted by molar-refractivity contribution is -0.117. The molecule has 160 valence electrons. The molecule has 5 rings (SSSR count). The van der Waals surface area contributed by atoms with Crippen molar-refractivity contribution >= 4 is 31.0 Å². The predicted octanol–water partition coefficient (Wildman–Crippen LogP) is 1.13. The van der Waals surface area contributed by atoms with E-state index in [1.165, 1.54) is 6.08 Å². The van der Waals surface area contributed by atoms with E-state index in [4.69, 9.17) is 21.4 Å². The van der Waals surface area contributed by atoms with Crippen molar-refractivity contribution in [2.75, 3.05) is 39.3 Å². The third-order valence-corrected chi connectivity index (χ3v) is 5.33. The summed E-state index contributed by atoms with van der Waals surface area (Å²) in [6.45, 7) is 5.41. The first kappa shape index (κ1) is 20.9. The van der Waals surface area contributed by atoms with Gasteiger partial charge >= 0.3 is 7.82 Å². The Bertz CT molecular complexity index is 1030. The maximum absolute atomic E-state index is 12.4. The van der Waals surface area contributed by atoms with Crippen LogP contribution in [0.25, 0.3) is 0 Å². The molecule has 3 heterocycles. The van der Waals surface area contributed by atoms with Gasteiger partial charge in [-0.2, -0.15) is 0 Å². The molecule has 4 aliphatic rings. The largest absolute Gasteiger partial charge is 0.524 e. The third kappa shape index (κ3) is 4.84. The molecular weight excluding hydrogens is 440 g/mol. The molecule has 0 radical (unpaired) electrons. The summed E-state index contributed by atoms with van der Waals surface area (Å²) < 4.78 is 27.0. The SMILES string of the molecule is O=C1C=C(N2CC2)C(=O)C(N2CC2)=C1N1CC1.O=P(O)(O)Oc1ccc(F)cc1Cl. The highest BCUT2D eigenvalue weighted by Crippen LogP contribution is 2.40. The Morgan fingerprint density at radius 2 is 1.53 bits per heavy atom. The Balaban J connectivity index is 0.000000152. The van der Waals surface area contributed by atoms with Gasteiger partial charge in [0.2, 0.25) is 11.6 Å². The summed E-state index contributed by atoms with van der Waals surface area (Å²) in [6, 6.07) is 2.92. The van der Waals surface area contributed by atoms with E-state index in [1.807, 2.05) is 14.7 Å². The maximum atomic E-state index is 12.4. The van der Waals surface area contributed by atoms with E-state index in [9.17, 15) is 18.5 Å². The normalized spacial score (nSPS) is 20.0. The molecule has 3 fully saturated rings. The van der Waals surface area contributed by atoms with Gasteiger partial charge in [-0.05, 0) is 18.2 Å². The van der Waals surface area contributed by atoms with Crippen LogP contribution in [0.2, 0.25) is 5.02 Å². The Labute approximate surface area is 176 Å². The molecule has 1 aliphatic carbocycles. The summed E-state index contributed by atoms with van der Waals surface area (Å²) in [5, 5.41) is -0.191. The lowest BCUT2D eigenvalue weighted by Crippen LogP contribution is -2.29. The first-order valence-electron chi connectivity index (χ1n) is 9.14. The Kier molecular flexibility index (Phi) is 5.36. The quantitative estimate of drug-likeness (QED) is 0.382. The third-order valence-electron chi connectivity index (χ3n) is 4.60. The number of phosphoric acid groups is 1. The molecule has 0 saturated carbocycles. The molecule has 1 aromatic carbocycles. The first-order chi connectivity index (χ1) is 14.1. The van der Waals surface area contributed by atoms with Gasteiger partial charge in [0.15, 0.2) is 0 Å². The summed E-state index contributed by atoms with van der Waals surface area (Å²) in [4.78, 5) is 47.3. The molecule has 0 spiro atoms. The van der Waals surface area contributed by atoms with Crippen molar-refractivity contribution < 1.29 is 32.9 Å². The number of allylic oxidation sites excluding steroid dienone is 1. The van der Waals surface area contributed by atoms with Crippen LogP contribution in [0.5, 0.6) is 5.75 Å². The fraction of sp³-hybridized carbons (Fsp3) is 0.333. The summed E-state index contributed by atoms with van der Waals surface area (Å²) in [6.07, 6.45) is 1.52. The van der Waals surface area contributed by atoms with Gasteiger partial charge in [0.1, 0.15) is 23.0 Å². The minimum atomic E-state index is -4.64. The second kappa shape index (κ2) is 7.70. The standard InChI is InChI=1S/C12H13N3O2.C6H5ClFO4P/c16-9-7-8(13-1-2-13)12(17)11(15-5-6-15)10(9)14-3-4-14;7-5-3-4(8)1-2-6(5)12-13(9,10)11/h7H,1-6H2;1-3H,(H2,9,10,11). The van der Waals surface area contributed by atoms with E-state index in [1.54, 1.807) is 0 Å². The number of carbonyl (C=O) groups excluding carboxylic acids is 2. The number of carbonyl (C=O) groups is 2. The van der Waals surface area contributed by atoms with Crippen molar-refractivity contribution in [2.45, 2.75) is 0 Å². The number of rotatable bonds is 5. The van der Waals surface area contributed by atoms with Gasteiger partial charge in [-0.1, -0.05) is 11.6 Å². The number of halogens is 2. The minimum Gasteiger partial charge on any atom is -0.403 e. The topological polar surface area (TPSA) is 110 Å². The van der Waals surface area contributed by atoms with Gasteiger partial charge in [-0.25, -0.2) is 8.96 Å². The number of nitrogens with zero attached hydrogens (tertiary/aromatic N) is 3. The zero-order chi connectivity index (χ0) is 21.6. The lowest BCUT2D eigenvalue weighted by atomic mass is 10.0. The van der Waals surface area contributed by atoms with E-state index in [-0.39, 0.29) is 22.3 Å². The lowest BCUT2D eigenvalue weighted by Gasteiger charge is -2.21. The Morgan fingerprint density at radius 3 is 2.03 bits per heavy atom. The van der Waals surface area contributed by atoms with Crippen molar-refractivity contribution in [3.05, 3.63) is 52.2 Å². The molecule has 1 aromatic rings. The summed E-state index contributed by atoms with van der Waals surface area (Å²) in [7, 11) is -4.64. The number of hydrogen-bond acceptors (Lipinski definition) is 7. The van der Waals surface area contributed by atoms with Gasteiger partial charge in [-0.3, -0.25) is 19.4 Å². The highest BCUT2D eigenvalue weighted by atomic mass is 35.5. The average molecular weight is 458 g/mol. The smallest absolute Gasteiger partial charge is 0.403 e. The minimum absolute atomic E-state index is 0.00546. The fourth-order valence-corrected chi connectivity index (χ4v) is 3.63. The molecule has 30 heavy (non-hydrogen) atoms. The van der Waals surface area contributed by atoms with Crippen LogP contribution < -0.4 is 4.52 Å². The zero-order valence-corrected chi connectivity index (χ0v) is 17.3. The molecule has 2 N–H and O–H groups in total. The molecular formula is C18H18ClFN3O6P. The zero-order valence-electron chi connectivity index (χ0n) is 15.6. The second-order valence-corrected chi connectivity index (χ2v) is 8.61. The van der Waals surface area contributed by atoms with E-state index in [0.717, 1.165) is 57.5 Å². The van der Waals surface area contributed by atoms with Gasteiger partial charge in [0, 0.05) is 45.3 Å². The highest BCUT2D eigenvalue weighted by Gasteiger charge is 2.43. The predicted molar refractivity (Wildman–Crippen MR) is 104 cm³/mol. The monoisotopic (exact) mass is 457 g/mol. The van der Waals surface area contributed by atoms with Crippen LogP contribution in [0.15, 0.2) is 41.4 Å². The summed E-state index contributed by atoms with van der Waals surface area (Å²) in [5.74, 6) is -0.813. The fourth-order valence-electron chi connectivity index (χ4n) is 2.95. The number of benzene rings is 1. The van der Waals surface area contributed by atoms with Crippen molar-refractivity contribution in [1.82, 2.24) is 14.7 Å². The van der Waals surface area contributed by atoms with Gasteiger partial charge in [-0.15, -0.1) is 0 Å². The molecule has 3 aliphatic heterocycles. The van der Waals surface area contributed by atoms with Crippen molar-refractivity contribution in [3.63, 3.8) is 0 Å². The van der Waals surface area contributed by atoms with Crippen LogP contribution in [0.4, 0.5) is 4.39 Å². The van der Waals surface area contributed by atoms with Crippen LogP contribution in [-0.4, -0.2) is 75.3 Å². The highest BCUT2D eigenvalue weighted by molar-refractivity contribution is 7.46.